The molecule has 9 heteroatoms. The molecular weight excluding hydrogens is 402 g/mol. The van der Waals surface area contributed by atoms with Crippen LogP contribution in [0.5, 0.6) is 0 Å². The summed E-state index contributed by atoms with van der Waals surface area (Å²) in [7, 11) is 0. The fourth-order valence-electron chi connectivity index (χ4n) is 3.14. The monoisotopic (exact) mass is 424 g/mol. The van der Waals surface area contributed by atoms with Gasteiger partial charge in [-0.05, 0) is 18.9 Å². The highest BCUT2D eigenvalue weighted by Crippen LogP contribution is 2.35. The summed E-state index contributed by atoms with van der Waals surface area (Å²) in [6.07, 6.45) is 2.85. The van der Waals surface area contributed by atoms with Crippen molar-refractivity contribution in [1.29, 1.82) is 0 Å². The summed E-state index contributed by atoms with van der Waals surface area (Å²) in [6.45, 7) is 4.77. The third-order valence-electron chi connectivity index (χ3n) is 4.82. The molecule has 3 heterocycles. The van der Waals surface area contributed by atoms with Gasteiger partial charge in [0.05, 0.1) is 21.9 Å². The van der Waals surface area contributed by atoms with Gasteiger partial charge in [-0.25, -0.2) is 14.4 Å². The molecule has 0 aliphatic carbocycles. The molecule has 3 N–H and O–H groups in total. The van der Waals surface area contributed by atoms with E-state index in [-0.39, 0.29) is 0 Å². The molecule has 1 aliphatic heterocycles. The summed E-state index contributed by atoms with van der Waals surface area (Å²) in [5.74, 6) is 0.702. The number of halogens is 3. The fourth-order valence-corrected chi connectivity index (χ4v) is 3.53. The first-order valence-electron chi connectivity index (χ1n) is 9.26. The maximum absolute atomic E-state index is 13.0. The molecule has 0 atom stereocenters. The molecule has 0 radical (unpaired) electrons. The van der Waals surface area contributed by atoms with Gasteiger partial charge < -0.3 is 10.6 Å². The van der Waals surface area contributed by atoms with Crippen molar-refractivity contribution in [2.45, 2.75) is 32.2 Å². The summed E-state index contributed by atoms with van der Waals surface area (Å²) >= 11 is 12.4. The first-order chi connectivity index (χ1) is 13.5. The predicted molar refractivity (Wildman–Crippen MR) is 113 cm³/mol. The largest absolute Gasteiger partial charge is 0.355 e. The Bertz CT molecular complexity index is 953. The van der Waals surface area contributed by atoms with Crippen LogP contribution in [0.1, 0.15) is 26.7 Å². The van der Waals surface area contributed by atoms with Crippen LogP contribution in [0.15, 0.2) is 24.4 Å². The second-order valence-corrected chi connectivity index (χ2v) is 7.37. The number of H-pyrrole nitrogens is 1. The summed E-state index contributed by atoms with van der Waals surface area (Å²) in [5.41, 5.74) is 7.78. The van der Waals surface area contributed by atoms with Gasteiger partial charge in [0.25, 0.3) is 0 Å². The molecule has 0 spiro atoms. The van der Waals surface area contributed by atoms with E-state index < -0.39 is 12.2 Å². The number of nitrogens with two attached hydrogens (primary N) is 1. The van der Waals surface area contributed by atoms with Crippen LogP contribution in [0.3, 0.4) is 0 Å². The zero-order chi connectivity index (χ0) is 20.3. The maximum Gasteiger partial charge on any atom is 0.202 e. The maximum atomic E-state index is 13.0. The molecule has 2 aromatic heterocycles. The number of piperidine rings is 1. The quantitative estimate of drug-likeness (QED) is 0.640. The highest BCUT2D eigenvalue weighted by atomic mass is 35.5. The molecule has 4 rings (SSSR count). The number of aromatic nitrogens is 4. The lowest BCUT2D eigenvalue weighted by atomic mass is 9.90. The van der Waals surface area contributed by atoms with Gasteiger partial charge >= 0.3 is 0 Å². The van der Waals surface area contributed by atoms with Gasteiger partial charge in [0.15, 0.2) is 0 Å². The molecule has 28 heavy (non-hydrogen) atoms. The van der Waals surface area contributed by atoms with E-state index in [1.165, 1.54) is 0 Å². The normalized spacial score (nSPS) is 16.0. The van der Waals surface area contributed by atoms with E-state index in [2.05, 4.69) is 20.2 Å². The van der Waals surface area contributed by atoms with Gasteiger partial charge in [0, 0.05) is 24.2 Å². The first kappa shape index (κ1) is 20.8. The number of benzene rings is 1. The average molecular weight is 425 g/mol. The molecule has 150 valence electrons. The number of anilines is 1. The van der Waals surface area contributed by atoms with Crippen molar-refractivity contribution >= 4 is 40.2 Å². The van der Waals surface area contributed by atoms with E-state index in [1.807, 2.05) is 30.9 Å². The van der Waals surface area contributed by atoms with Crippen molar-refractivity contribution in [2.75, 3.05) is 24.7 Å². The Balaban J connectivity index is 0.00000109. The van der Waals surface area contributed by atoms with E-state index in [9.17, 15) is 4.39 Å². The fraction of sp³-hybridized carbons (Fsp3) is 0.421. The van der Waals surface area contributed by atoms with E-state index in [0.29, 0.717) is 58.7 Å². The van der Waals surface area contributed by atoms with Crippen molar-refractivity contribution in [3.63, 3.8) is 0 Å². The molecule has 1 saturated heterocycles. The third-order valence-corrected chi connectivity index (χ3v) is 5.64. The predicted octanol–water partition coefficient (Wildman–Crippen LogP) is 4.62. The second-order valence-electron chi connectivity index (χ2n) is 6.58. The topological polar surface area (TPSA) is 83.7 Å². The standard InChI is InChI=1S/C17H17Cl2FN6.C2H6/c18-11-3-1-2-10(13(11)19)14-15-16(25-24-14)23-12(8-22-15)26-6-4-17(21,9-20)5-7-26;1-2/h1-3,8H,4-7,9,21H2,(H,23,24,25);1-2H3. The minimum atomic E-state index is -0.725. The van der Waals surface area contributed by atoms with Gasteiger partial charge in [-0.3, -0.25) is 5.10 Å². The Morgan fingerprint density at radius 2 is 1.96 bits per heavy atom. The van der Waals surface area contributed by atoms with Crippen LogP contribution in [0.25, 0.3) is 22.4 Å². The molecule has 1 aliphatic rings. The number of alkyl halides is 1. The summed E-state index contributed by atoms with van der Waals surface area (Å²) in [4.78, 5) is 11.1. The Morgan fingerprint density at radius 3 is 2.64 bits per heavy atom. The molecule has 1 aromatic carbocycles. The molecule has 1 fully saturated rings. The summed E-state index contributed by atoms with van der Waals surface area (Å²) in [5, 5.41) is 8.10. The van der Waals surface area contributed by atoms with Gasteiger partial charge in [0.2, 0.25) is 5.65 Å². The minimum Gasteiger partial charge on any atom is -0.355 e. The van der Waals surface area contributed by atoms with Crippen LogP contribution in [0, 0.1) is 0 Å². The molecule has 0 saturated carbocycles. The van der Waals surface area contributed by atoms with Crippen molar-refractivity contribution in [1.82, 2.24) is 20.2 Å². The molecule has 0 amide bonds. The minimum absolute atomic E-state index is 0.437. The Kier molecular flexibility index (Phi) is 6.37. The second kappa shape index (κ2) is 8.59. The van der Waals surface area contributed by atoms with Crippen molar-refractivity contribution in [3.8, 4) is 11.3 Å². The van der Waals surface area contributed by atoms with Gasteiger partial charge in [-0.2, -0.15) is 5.10 Å². The number of hydrogen-bond donors (Lipinski definition) is 2. The zero-order valence-electron chi connectivity index (χ0n) is 15.8. The SMILES string of the molecule is CC.NC1(CF)CCN(c2cnc3c(-c4cccc(Cl)c4Cl)[nH]nc3n2)CC1. The molecule has 0 unspecified atom stereocenters. The summed E-state index contributed by atoms with van der Waals surface area (Å²) in [6, 6.07) is 5.38. The Labute approximate surface area is 173 Å². The van der Waals surface area contributed by atoms with Gasteiger partial charge in [0.1, 0.15) is 18.0 Å². The lowest BCUT2D eigenvalue weighted by Crippen LogP contribution is -2.52. The highest BCUT2D eigenvalue weighted by Gasteiger charge is 2.31. The number of fused-ring (bicyclic) bond motifs is 1. The molecular formula is C19H23Cl2FN6. The van der Waals surface area contributed by atoms with Crippen LogP contribution in [-0.2, 0) is 0 Å². The van der Waals surface area contributed by atoms with Crippen LogP contribution < -0.4 is 10.6 Å². The third kappa shape index (κ3) is 3.92. The zero-order valence-corrected chi connectivity index (χ0v) is 17.4. The lowest BCUT2D eigenvalue weighted by Gasteiger charge is -2.37. The highest BCUT2D eigenvalue weighted by molar-refractivity contribution is 6.43. The number of hydrogen-bond acceptors (Lipinski definition) is 5. The Hall–Kier alpha value is -1.96. The van der Waals surface area contributed by atoms with Crippen molar-refractivity contribution in [2.24, 2.45) is 5.73 Å². The van der Waals surface area contributed by atoms with E-state index in [0.717, 1.165) is 5.56 Å². The number of rotatable bonds is 3. The number of aromatic amines is 1. The average Bonchev–Trinajstić information content (AvgIpc) is 3.15. The van der Waals surface area contributed by atoms with E-state index >= 15 is 0 Å². The van der Waals surface area contributed by atoms with Crippen LogP contribution in [-0.4, -0.2) is 45.5 Å². The summed E-state index contributed by atoms with van der Waals surface area (Å²) < 4.78 is 13.0. The number of nitrogens with zero attached hydrogens (tertiary/aromatic N) is 4. The lowest BCUT2D eigenvalue weighted by molar-refractivity contribution is 0.254. The van der Waals surface area contributed by atoms with Crippen LogP contribution in [0.2, 0.25) is 10.0 Å². The number of nitrogens with one attached hydrogen (secondary N) is 1. The Morgan fingerprint density at radius 1 is 1.25 bits per heavy atom. The molecule has 3 aromatic rings. The molecule has 6 nitrogen and oxygen atoms in total. The van der Waals surface area contributed by atoms with E-state index in [1.54, 1.807) is 12.3 Å². The van der Waals surface area contributed by atoms with Gasteiger partial charge in [-0.1, -0.05) is 49.2 Å². The first-order valence-corrected chi connectivity index (χ1v) is 10.0. The van der Waals surface area contributed by atoms with Crippen LogP contribution in [0.4, 0.5) is 10.2 Å². The molecule has 0 bridgehead atoms. The van der Waals surface area contributed by atoms with Crippen molar-refractivity contribution < 1.29 is 4.39 Å². The van der Waals surface area contributed by atoms with Crippen molar-refractivity contribution in [3.05, 3.63) is 34.4 Å². The smallest absolute Gasteiger partial charge is 0.202 e. The van der Waals surface area contributed by atoms with Gasteiger partial charge in [-0.15, -0.1) is 0 Å². The van der Waals surface area contributed by atoms with E-state index in [4.69, 9.17) is 28.9 Å². The van der Waals surface area contributed by atoms with Crippen LogP contribution >= 0.6 is 23.2 Å².